The van der Waals surface area contributed by atoms with Crippen LogP contribution in [-0.2, 0) is 19.1 Å². The highest BCUT2D eigenvalue weighted by Crippen LogP contribution is 2.49. The second kappa shape index (κ2) is 6.94. The van der Waals surface area contributed by atoms with Gasteiger partial charge >= 0.3 is 11.9 Å². The second-order valence-electron chi connectivity index (χ2n) is 6.96. The van der Waals surface area contributed by atoms with Gasteiger partial charge in [0, 0.05) is 36.6 Å². The van der Waals surface area contributed by atoms with E-state index in [0.29, 0.717) is 23.7 Å². The smallest absolute Gasteiger partial charge is 0.353 e. The third-order valence-electron chi connectivity index (χ3n) is 5.16. The predicted octanol–water partition coefficient (Wildman–Crippen LogP) is 1.27. The number of nitrogens with one attached hydrogen (secondary N) is 1. The lowest BCUT2D eigenvalue weighted by Gasteiger charge is -2.45. The number of hydrogen-bond donors (Lipinski definition) is 2. The van der Waals surface area contributed by atoms with Crippen molar-refractivity contribution in [3.63, 3.8) is 0 Å². The van der Waals surface area contributed by atoms with Crippen LogP contribution in [0.25, 0.3) is 0 Å². The Morgan fingerprint density at radius 3 is 2.62 bits per heavy atom. The number of carboxylic acids is 1. The Hall–Kier alpha value is -2.03. The Labute approximate surface area is 156 Å². The van der Waals surface area contributed by atoms with Gasteiger partial charge < -0.3 is 19.6 Å². The maximum atomic E-state index is 12.5. The van der Waals surface area contributed by atoms with Gasteiger partial charge in [0.1, 0.15) is 11.8 Å². The number of amides is 1. The summed E-state index contributed by atoms with van der Waals surface area (Å²) in [7, 11) is 0. The van der Waals surface area contributed by atoms with Crippen molar-refractivity contribution in [1.29, 1.82) is 5.41 Å². The van der Waals surface area contributed by atoms with Crippen LogP contribution in [0, 0.1) is 11.3 Å². The zero-order valence-electron chi connectivity index (χ0n) is 15.0. The molecule has 1 amide bonds. The molecular formula is C17H23N3O5S. The molecule has 3 heterocycles. The molecule has 9 heteroatoms. The predicted molar refractivity (Wildman–Crippen MR) is 95.6 cm³/mol. The van der Waals surface area contributed by atoms with Crippen molar-refractivity contribution >= 4 is 35.4 Å². The van der Waals surface area contributed by atoms with Crippen molar-refractivity contribution in [3.05, 3.63) is 10.6 Å². The molecule has 142 valence electrons. The third-order valence-corrected chi connectivity index (χ3v) is 6.52. The average Bonchev–Trinajstić information content (AvgIpc) is 3.10. The molecule has 0 spiro atoms. The first-order valence-electron chi connectivity index (χ1n) is 8.64. The van der Waals surface area contributed by atoms with Crippen molar-refractivity contribution in [1.82, 2.24) is 9.80 Å². The molecule has 0 bridgehead atoms. The van der Waals surface area contributed by atoms with Crippen molar-refractivity contribution in [3.8, 4) is 0 Å². The van der Waals surface area contributed by atoms with Crippen LogP contribution in [0.5, 0.6) is 0 Å². The molecule has 0 aromatic carbocycles. The number of aliphatic carboxylic acids is 1. The van der Waals surface area contributed by atoms with E-state index >= 15 is 0 Å². The molecule has 0 aromatic heterocycles. The van der Waals surface area contributed by atoms with E-state index in [0.717, 1.165) is 13.0 Å². The van der Waals surface area contributed by atoms with Crippen LogP contribution in [0.1, 0.15) is 33.6 Å². The first kappa shape index (κ1) is 18.8. The van der Waals surface area contributed by atoms with Gasteiger partial charge in [-0.1, -0.05) is 0 Å². The molecule has 0 radical (unpaired) electrons. The van der Waals surface area contributed by atoms with Crippen LogP contribution in [0.3, 0.4) is 0 Å². The fourth-order valence-electron chi connectivity index (χ4n) is 3.99. The van der Waals surface area contributed by atoms with Crippen LogP contribution in [-0.4, -0.2) is 69.1 Å². The summed E-state index contributed by atoms with van der Waals surface area (Å²) in [6, 6.07) is -0.257. The fraction of sp³-hybridized carbons (Fsp3) is 0.647. The highest BCUT2D eigenvalue weighted by Gasteiger charge is 2.58. The standard InChI is InChI=1S/C17H23N3O5S/c1-8(25-10(3)21)14-12-6-13(15(17(23)24)20(12)16(14)22)26-11-4-5-19(7-11)9(2)18/h8,11-12,14,18H,4-7H2,1-3H3,(H,23,24)/t8?,11?,12-,14?/m1/s1. The Bertz CT molecular complexity index is 707. The molecule has 3 aliphatic rings. The first-order chi connectivity index (χ1) is 12.2. The molecular weight excluding hydrogens is 358 g/mol. The summed E-state index contributed by atoms with van der Waals surface area (Å²) in [5, 5.41) is 17.5. The number of ether oxygens (including phenoxy) is 1. The van der Waals surface area contributed by atoms with E-state index in [1.807, 2.05) is 4.90 Å². The lowest BCUT2D eigenvalue weighted by atomic mass is 9.83. The summed E-state index contributed by atoms with van der Waals surface area (Å²) in [6.45, 7) is 6.22. The van der Waals surface area contributed by atoms with E-state index in [1.165, 1.54) is 23.6 Å². The summed E-state index contributed by atoms with van der Waals surface area (Å²) < 4.78 is 5.15. The van der Waals surface area contributed by atoms with Gasteiger partial charge in [0.2, 0.25) is 5.91 Å². The van der Waals surface area contributed by atoms with Gasteiger partial charge in [0.05, 0.1) is 17.8 Å². The molecule has 8 nitrogen and oxygen atoms in total. The third kappa shape index (κ3) is 3.20. The number of esters is 1. The van der Waals surface area contributed by atoms with Gasteiger partial charge in [-0.05, 0) is 20.3 Å². The van der Waals surface area contributed by atoms with Gasteiger partial charge in [-0.3, -0.25) is 15.0 Å². The Morgan fingerprint density at radius 2 is 2.08 bits per heavy atom. The van der Waals surface area contributed by atoms with Crippen LogP contribution in [0.4, 0.5) is 0 Å². The lowest BCUT2D eigenvalue weighted by molar-refractivity contribution is -0.169. The minimum Gasteiger partial charge on any atom is -0.477 e. The number of carbonyl (C=O) groups is 3. The van der Waals surface area contributed by atoms with E-state index in [1.54, 1.807) is 13.8 Å². The molecule has 0 aliphatic carbocycles. The highest BCUT2D eigenvalue weighted by atomic mass is 32.2. The molecule has 2 fully saturated rings. The minimum absolute atomic E-state index is 0.0706. The first-order valence-corrected chi connectivity index (χ1v) is 9.52. The molecule has 3 unspecified atom stereocenters. The van der Waals surface area contributed by atoms with Crippen molar-refractivity contribution < 1.29 is 24.2 Å². The van der Waals surface area contributed by atoms with Crippen LogP contribution in [0.2, 0.25) is 0 Å². The average molecular weight is 381 g/mol. The Balaban J connectivity index is 1.73. The SMILES string of the molecule is CC(=N)N1CCC(SC2=C(C(=O)O)N3C(=O)C(C(C)OC(C)=O)[C@H]3C2)C1. The largest absolute Gasteiger partial charge is 0.477 e. The minimum atomic E-state index is -1.10. The zero-order valence-corrected chi connectivity index (χ0v) is 15.8. The van der Waals surface area contributed by atoms with E-state index in [9.17, 15) is 19.5 Å². The summed E-state index contributed by atoms with van der Waals surface area (Å²) in [5.41, 5.74) is 0.0706. The maximum absolute atomic E-state index is 12.5. The van der Waals surface area contributed by atoms with E-state index in [4.69, 9.17) is 10.1 Å². The molecule has 0 aromatic rings. The van der Waals surface area contributed by atoms with Crippen LogP contribution in [0.15, 0.2) is 10.6 Å². The number of β-lactam (4-membered cyclic amide) rings is 1. The monoisotopic (exact) mass is 381 g/mol. The Kier molecular flexibility index (Phi) is 5.01. The number of fused-ring (bicyclic) bond motifs is 1. The zero-order chi connectivity index (χ0) is 19.2. The lowest BCUT2D eigenvalue weighted by Crippen LogP contribution is -2.62. The molecule has 26 heavy (non-hydrogen) atoms. The van der Waals surface area contributed by atoms with Gasteiger partial charge in [-0.2, -0.15) is 0 Å². The quantitative estimate of drug-likeness (QED) is 0.319. The molecule has 3 aliphatic heterocycles. The van der Waals surface area contributed by atoms with Crippen LogP contribution < -0.4 is 0 Å². The fourth-order valence-corrected chi connectivity index (χ4v) is 5.43. The van der Waals surface area contributed by atoms with Crippen molar-refractivity contribution in [2.75, 3.05) is 13.1 Å². The normalized spacial score (nSPS) is 28.7. The number of thioether (sulfide) groups is 1. The van der Waals surface area contributed by atoms with Crippen LogP contribution >= 0.6 is 11.8 Å². The summed E-state index contributed by atoms with van der Waals surface area (Å²) >= 11 is 1.51. The number of carbonyl (C=O) groups excluding carboxylic acids is 2. The topological polar surface area (TPSA) is 111 Å². The van der Waals surface area contributed by atoms with Gasteiger partial charge in [0.15, 0.2) is 0 Å². The highest BCUT2D eigenvalue weighted by molar-refractivity contribution is 8.03. The van der Waals surface area contributed by atoms with Gasteiger partial charge in [-0.15, -0.1) is 11.8 Å². The molecule has 4 atom stereocenters. The second-order valence-corrected chi connectivity index (χ2v) is 8.35. The summed E-state index contributed by atoms with van der Waals surface area (Å²) in [5.74, 6) is -1.81. The number of hydrogen-bond acceptors (Lipinski definition) is 6. The van der Waals surface area contributed by atoms with Gasteiger partial charge in [0.25, 0.3) is 0 Å². The molecule has 0 saturated carbocycles. The summed E-state index contributed by atoms with van der Waals surface area (Å²) in [6.07, 6.45) is 0.792. The number of nitrogens with zero attached hydrogens (tertiary/aromatic N) is 2. The van der Waals surface area contributed by atoms with E-state index in [2.05, 4.69) is 0 Å². The number of likely N-dealkylation sites (tertiary alicyclic amines) is 1. The summed E-state index contributed by atoms with van der Waals surface area (Å²) in [4.78, 5) is 39.5. The van der Waals surface area contributed by atoms with E-state index < -0.39 is 24.0 Å². The van der Waals surface area contributed by atoms with E-state index in [-0.39, 0.29) is 22.9 Å². The molecule has 3 rings (SSSR count). The number of carboxylic acid groups (broad SMARTS) is 1. The number of rotatable bonds is 5. The molecule has 2 N–H and O–H groups in total. The Morgan fingerprint density at radius 1 is 1.38 bits per heavy atom. The number of amidine groups is 1. The van der Waals surface area contributed by atoms with Crippen molar-refractivity contribution in [2.45, 2.75) is 51.0 Å². The van der Waals surface area contributed by atoms with Crippen molar-refractivity contribution in [2.24, 2.45) is 5.92 Å². The van der Waals surface area contributed by atoms with Gasteiger partial charge in [-0.25, -0.2) is 4.79 Å². The maximum Gasteiger partial charge on any atom is 0.353 e. The molecule has 2 saturated heterocycles.